The minimum Gasteiger partial charge on any atom is -1.00 e. The largest absolute Gasteiger partial charge is 1.00 e. The van der Waals surface area contributed by atoms with E-state index in [-0.39, 0.29) is 78.2 Å². The van der Waals surface area contributed by atoms with Gasteiger partial charge in [-0.15, -0.1) is 0 Å². The summed E-state index contributed by atoms with van der Waals surface area (Å²) in [6.07, 6.45) is 12.9. The number of carbonyl (C=O) groups excluding carboxylic acids is 1. The predicted molar refractivity (Wildman–Crippen MR) is 330 cm³/mol. The Morgan fingerprint density at radius 3 is 1.28 bits per heavy atom. The molecule has 3 saturated heterocycles. The maximum Gasteiger partial charge on any atom is 1.00 e. The Morgan fingerprint density at radius 1 is 0.634 bits per heavy atom. The molecule has 3 aromatic heterocycles. The van der Waals surface area contributed by atoms with Crippen LogP contribution in [0.2, 0.25) is 0 Å². The summed E-state index contributed by atoms with van der Waals surface area (Å²) in [6, 6.07) is 18.5. The normalized spacial score (nSPS) is 19.8. The summed E-state index contributed by atoms with van der Waals surface area (Å²) in [5.74, 6) is 1.98. The summed E-state index contributed by atoms with van der Waals surface area (Å²) in [6.45, 7) is 27.3. The average molecular weight is 1190 g/mol. The van der Waals surface area contributed by atoms with Crippen LogP contribution in [0, 0.1) is 51.7 Å². The van der Waals surface area contributed by atoms with Crippen molar-refractivity contribution >= 4 is 89.4 Å². The van der Waals surface area contributed by atoms with Gasteiger partial charge < -0.3 is 41.8 Å². The third-order valence-corrected chi connectivity index (χ3v) is 14.8. The number of carbonyl (C=O) groups is 1. The Hall–Kier alpha value is -5.99. The number of aliphatic hydroxyl groups is 1. The van der Waals surface area contributed by atoms with Gasteiger partial charge >= 0.3 is 24.8 Å². The number of aromatic nitrogens is 6. The second-order valence-corrected chi connectivity index (χ2v) is 24.9. The van der Waals surface area contributed by atoms with Gasteiger partial charge in [0, 0.05) is 100 Å². The molecule has 82 heavy (non-hydrogen) atoms. The monoisotopic (exact) mass is 1190 g/mol. The third-order valence-electron chi connectivity index (χ3n) is 14.4. The molecule has 0 amide bonds. The van der Waals surface area contributed by atoms with Gasteiger partial charge in [0.1, 0.15) is 62.6 Å². The second kappa shape index (κ2) is 30.5. The smallest absolute Gasteiger partial charge is 1.00 e. The first-order valence-corrected chi connectivity index (χ1v) is 27.8. The minimum absolute atomic E-state index is 0. The topological polar surface area (TPSA) is 264 Å². The Morgan fingerprint density at radius 2 is 0.976 bits per heavy atom. The number of methoxy groups -OCH3 is 2. The summed E-state index contributed by atoms with van der Waals surface area (Å²) in [5.41, 5.74) is 13.9. The Bertz CT molecular complexity index is 3250. The number of nitriles is 3. The SMILES string of the molecule is C=C(OC)C(C)(C)Br.COC(=O)C(C)(C)N[C@@H]1C[C@H](C)CN(c2ccc(C#N)c3nccnc23)C1.C[C@H]1C[C@@H](N)CN(c2ccc(C#N)c3nccnc23)C1.C[C@H]1C[C@@H](NC(C)(C)CO)CN(c2ccc(C#N)c3nccnc23)C1.[AlH3].[H-].[Li+]. The molecule has 432 valence electrons. The van der Waals surface area contributed by atoms with Crippen molar-refractivity contribution in [1.82, 2.24) is 40.5 Å². The van der Waals surface area contributed by atoms with Crippen LogP contribution in [0.4, 0.5) is 17.1 Å². The van der Waals surface area contributed by atoms with Gasteiger partial charge in [0.15, 0.2) is 17.4 Å². The summed E-state index contributed by atoms with van der Waals surface area (Å²) >= 11 is 3.38. The number of aliphatic hydroxyl groups excluding tert-OH is 1. The molecule has 3 aliphatic rings. The molecule has 3 aromatic carbocycles. The van der Waals surface area contributed by atoms with Crippen molar-refractivity contribution in [3.8, 4) is 18.2 Å². The molecule has 19 nitrogen and oxygen atoms in total. The van der Waals surface area contributed by atoms with E-state index in [0.29, 0.717) is 51.0 Å². The molecule has 5 N–H and O–H groups in total. The quantitative estimate of drug-likeness (QED) is 0.0611. The molecule has 0 aliphatic carbocycles. The van der Waals surface area contributed by atoms with Crippen molar-refractivity contribution in [2.75, 3.05) is 74.8 Å². The van der Waals surface area contributed by atoms with Crippen LogP contribution in [0.1, 0.15) is 99.7 Å². The molecule has 22 heteroatoms. The van der Waals surface area contributed by atoms with Crippen LogP contribution in [-0.2, 0) is 14.3 Å². The van der Waals surface area contributed by atoms with Gasteiger partial charge in [0.25, 0.3) is 0 Å². The molecular formula is C60H82AlBrLiN15O4. The van der Waals surface area contributed by atoms with Crippen LogP contribution in [0.3, 0.4) is 0 Å². The summed E-state index contributed by atoms with van der Waals surface area (Å²) in [7, 11) is 3.02. The van der Waals surface area contributed by atoms with Gasteiger partial charge in [-0.2, -0.15) is 15.8 Å². The molecule has 9 rings (SSSR count). The van der Waals surface area contributed by atoms with Crippen molar-refractivity contribution in [3.63, 3.8) is 0 Å². The summed E-state index contributed by atoms with van der Waals surface area (Å²) in [5, 5.41) is 44.4. The molecule has 6 atom stereocenters. The van der Waals surface area contributed by atoms with E-state index >= 15 is 0 Å². The number of nitrogens with two attached hydrogens (primary N) is 1. The number of allylic oxidation sites excluding steroid dienone is 1. The van der Waals surface area contributed by atoms with Crippen LogP contribution in [0.25, 0.3) is 33.1 Å². The van der Waals surface area contributed by atoms with Crippen LogP contribution >= 0.6 is 15.9 Å². The van der Waals surface area contributed by atoms with E-state index in [2.05, 4.69) is 117 Å². The standard InChI is InChI=1S/C20H25N5O2.C19H25N5O.C15H17N5.C6H11BrO.Al.Li.4H/c1-13-9-15(24-20(2,3)19(26)27-4)12-25(11-13)16-6-5-14(10-21)17-18(16)23-8-7-22-17;1-13-8-15(23-19(2,3)12-25)11-24(10-13)16-5-4-14(9-20)17-18(16)22-7-6-21-17;1-10-6-12(17)9-20(8-10)13-3-2-11(7-16)14-15(13)19-5-4-18-14;1-5(8-4)6(2,3)7;;;;;;/h5-8,13,15,24H,9,11-12H2,1-4H3;4-7,13,15,23,25H,8,10-12H2,1-3H3;2-5,10,12H,6,8-9,17H2,1H3;1H2,2-4H3;;;;;;/q;;;;;+1;;;;-1/t2*13-,15+;10-,12+;;;;;;;/m000......./s1. The number of benzene rings is 3. The third kappa shape index (κ3) is 17.8. The van der Waals surface area contributed by atoms with E-state index in [1.807, 2.05) is 71.9 Å². The molecule has 6 aromatic rings. The fraction of sp³-hybridized carbons (Fsp3) is 0.500. The minimum atomic E-state index is -0.755. The Labute approximate surface area is 516 Å². The van der Waals surface area contributed by atoms with Crippen LogP contribution in [0.5, 0.6) is 0 Å². The Balaban J connectivity index is 0.000000303. The number of fused-ring (bicyclic) bond motifs is 3. The molecule has 0 saturated carbocycles. The molecule has 0 radical (unpaired) electrons. The second-order valence-electron chi connectivity index (χ2n) is 22.9. The maximum absolute atomic E-state index is 12.0. The van der Waals surface area contributed by atoms with E-state index in [9.17, 15) is 20.4 Å². The number of nitrogens with one attached hydrogen (secondary N) is 2. The number of ether oxygens (including phenoxy) is 2. The van der Waals surface area contributed by atoms with Crippen molar-refractivity contribution in [2.24, 2.45) is 23.5 Å². The molecule has 0 unspecified atom stereocenters. The number of hydrogen-bond acceptors (Lipinski definition) is 19. The van der Waals surface area contributed by atoms with Crippen molar-refractivity contribution in [1.29, 1.82) is 15.8 Å². The van der Waals surface area contributed by atoms with E-state index in [1.54, 1.807) is 50.4 Å². The van der Waals surface area contributed by atoms with Crippen LogP contribution < -0.4 is 49.9 Å². The number of esters is 1. The molecule has 6 heterocycles. The first kappa shape index (κ1) is 68.5. The Kier molecular flexibility index (Phi) is 25.5. The number of nitrogens with zero attached hydrogens (tertiary/aromatic N) is 12. The number of alkyl halides is 1. The van der Waals surface area contributed by atoms with Gasteiger partial charge in [-0.1, -0.05) is 43.3 Å². The fourth-order valence-electron chi connectivity index (χ4n) is 10.7. The molecule has 0 spiro atoms. The van der Waals surface area contributed by atoms with E-state index in [0.717, 1.165) is 97.9 Å². The van der Waals surface area contributed by atoms with Crippen molar-refractivity contribution in [3.05, 3.63) is 103 Å². The van der Waals surface area contributed by atoms with Gasteiger partial charge in [0.05, 0.1) is 58.9 Å². The number of piperidine rings is 3. The predicted octanol–water partition coefficient (Wildman–Crippen LogP) is 4.26. The zero-order valence-electron chi connectivity index (χ0n) is 50.2. The fourth-order valence-corrected chi connectivity index (χ4v) is 10.9. The van der Waals surface area contributed by atoms with Gasteiger partial charge in [0.2, 0.25) is 0 Å². The summed E-state index contributed by atoms with van der Waals surface area (Å²) < 4.78 is 9.69. The van der Waals surface area contributed by atoms with Crippen molar-refractivity contribution < 1.29 is 39.7 Å². The zero-order valence-corrected chi connectivity index (χ0v) is 50.8. The molecule has 3 fully saturated rings. The number of anilines is 3. The average Bonchev–Trinajstić information content (AvgIpc) is 3.64. The molecular weight excluding hydrogens is 1110 g/mol. The zero-order chi connectivity index (χ0) is 58.5. The number of halogens is 1. The maximum atomic E-state index is 12.0. The molecule has 3 aliphatic heterocycles. The number of hydrogen-bond donors (Lipinski definition) is 4. The number of rotatable bonds is 11. The van der Waals surface area contributed by atoms with Gasteiger partial charge in [-0.05, 0) is 115 Å². The van der Waals surface area contributed by atoms with Gasteiger partial charge in [-0.3, -0.25) is 40.0 Å². The first-order valence-electron chi connectivity index (χ1n) is 27.0. The van der Waals surface area contributed by atoms with Crippen LogP contribution in [-0.4, -0.2) is 152 Å². The van der Waals surface area contributed by atoms with Crippen LogP contribution in [0.15, 0.2) is 85.9 Å². The van der Waals surface area contributed by atoms with E-state index in [1.165, 1.54) is 7.11 Å². The van der Waals surface area contributed by atoms with E-state index in [4.69, 9.17) is 20.5 Å². The van der Waals surface area contributed by atoms with Gasteiger partial charge in [-0.25, -0.2) is 0 Å². The van der Waals surface area contributed by atoms with Crippen molar-refractivity contribution in [2.45, 2.75) is 115 Å². The van der Waals surface area contributed by atoms with E-state index < -0.39 is 5.54 Å². The summed E-state index contributed by atoms with van der Waals surface area (Å²) in [4.78, 5) is 45.3. The first-order chi connectivity index (χ1) is 37.9. The molecule has 0 bridgehead atoms.